The van der Waals surface area contributed by atoms with Gasteiger partial charge in [0.1, 0.15) is 12.4 Å². The van der Waals surface area contributed by atoms with Gasteiger partial charge in [-0.3, -0.25) is 4.79 Å². The van der Waals surface area contributed by atoms with Crippen LogP contribution >= 0.6 is 0 Å². The summed E-state index contributed by atoms with van der Waals surface area (Å²) in [6.45, 7) is 2.75. The third-order valence-electron chi connectivity index (χ3n) is 7.37. The van der Waals surface area contributed by atoms with E-state index in [-0.39, 0.29) is 18.5 Å². The zero-order valence-corrected chi connectivity index (χ0v) is 23.2. The Bertz CT molecular complexity index is 1190. The Morgan fingerprint density at radius 2 is 1.77 bits per heavy atom. The molecule has 0 spiro atoms. The summed E-state index contributed by atoms with van der Waals surface area (Å²) in [6, 6.07) is 16.3. The van der Waals surface area contributed by atoms with Crippen LogP contribution in [0, 0.1) is 5.92 Å². The molecule has 1 heterocycles. The van der Waals surface area contributed by atoms with Crippen molar-refractivity contribution in [1.29, 1.82) is 0 Å². The summed E-state index contributed by atoms with van der Waals surface area (Å²) in [6.07, 6.45) is 8.02. The van der Waals surface area contributed by atoms with E-state index >= 15 is 0 Å². The van der Waals surface area contributed by atoms with Crippen molar-refractivity contribution in [2.24, 2.45) is 11.7 Å². The second-order valence-corrected chi connectivity index (χ2v) is 10.5. The zero-order chi connectivity index (χ0) is 28.2. The number of hydrogen-bond donors (Lipinski definition) is 2. The SMILES string of the molecule is CC(Oc1ccc(Cc2nc(C(=O)C(CCCCN)NC(=O)OCc3ccccc3)no2)cc1)C1CCCCC1. The van der Waals surface area contributed by atoms with Crippen LogP contribution < -0.4 is 15.8 Å². The quantitative estimate of drug-likeness (QED) is 0.196. The first-order valence-electron chi connectivity index (χ1n) is 14.3. The summed E-state index contributed by atoms with van der Waals surface area (Å²) < 4.78 is 16.9. The smallest absolute Gasteiger partial charge is 0.408 e. The number of ketones is 1. The Hall–Kier alpha value is -3.72. The molecule has 2 unspecified atom stereocenters. The van der Waals surface area contributed by atoms with Crippen LogP contribution in [0.15, 0.2) is 59.1 Å². The van der Waals surface area contributed by atoms with E-state index in [4.69, 9.17) is 19.7 Å². The fourth-order valence-corrected chi connectivity index (χ4v) is 5.03. The Morgan fingerprint density at radius 3 is 2.50 bits per heavy atom. The molecule has 3 aromatic rings. The normalized spacial score (nSPS) is 15.2. The van der Waals surface area contributed by atoms with Gasteiger partial charge in [-0.1, -0.05) is 66.9 Å². The number of benzene rings is 2. The first-order chi connectivity index (χ1) is 19.5. The molecule has 1 amide bonds. The van der Waals surface area contributed by atoms with Gasteiger partial charge in [0.2, 0.25) is 17.5 Å². The van der Waals surface area contributed by atoms with E-state index in [1.807, 2.05) is 54.6 Å². The minimum atomic E-state index is -0.845. The van der Waals surface area contributed by atoms with Crippen molar-refractivity contribution in [3.05, 3.63) is 77.4 Å². The fraction of sp³-hybridized carbons (Fsp3) is 0.484. The number of nitrogens with two attached hydrogens (primary N) is 1. The number of carbonyl (C=O) groups excluding carboxylic acids is 2. The molecule has 1 saturated carbocycles. The molecule has 0 saturated heterocycles. The number of Topliss-reactive ketones (excluding diaryl/α,β-unsaturated/α-hetero) is 1. The van der Waals surface area contributed by atoms with E-state index in [0.29, 0.717) is 37.6 Å². The minimum Gasteiger partial charge on any atom is -0.490 e. The van der Waals surface area contributed by atoms with Crippen LogP contribution in [0.4, 0.5) is 4.79 Å². The summed E-state index contributed by atoms with van der Waals surface area (Å²) in [5.41, 5.74) is 7.43. The van der Waals surface area contributed by atoms with E-state index in [1.165, 1.54) is 32.1 Å². The second kappa shape index (κ2) is 15.2. The molecule has 9 nitrogen and oxygen atoms in total. The predicted octanol–water partition coefficient (Wildman–Crippen LogP) is 5.61. The zero-order valence-electron chi connectivity index (χ0n) is 23.2. The number of alkyl carbamates (subject to hydrolysis) is 1. The van der Waals surface area contributed by atoms with E-state index in [2.05, 4.69) is 22.4 Å². The lowest BCUT2D eigenvalue weighted by Crippen LogP contribution is -2.41. The van der Waals surface area contributed by atoms with Crippen molar-refractivity contribution in [2.75, 3.05) is 6.54 Å². The molecule has 0 aliphatic heterocycles. The van der Waals surface area contributed by atoms with E-state index in [9.17, 15) is 9.59 Å². The van der Waals surface area contributed by atoms with Gasteiger partial charge in [0.05, 0.1) is 18.6 Å². The monoisotopic (exact) mass is 548 g/mol. The number of carbonyl (C=O) groups is 2. The Labute approximate surface area is 235 Å². The molecule has 3 N–H and O–H groups in total. The number of unbranched alkanes of at least 4 members (excludes halogenated alkanes) is 1. The van der Waals surface area contributed by atoms with Crippen molar-refractivity contribution in [3.63, 3.8) is 0 Å². The summed E-state index contributed by atoms with van der Waals surface area (Å²) in [5.74, 6) is 1.28. The van der Waals surface area contributed by atoms with Crippen LogP contribution in [-0.2, 0) is 17.8 Å². The highest BCUT2D eigenvalue weighted by Crippen LogP contribution is 2.29. The van der Waals surface area contributed by atoms with E-state index < -0.39 is 17.9 Å². The maximum atomic E-state index is 13.2. The van der Waals surface area contributed by atoms with Gasteiger partial charge in [0, 0.05) is 0 Å². The molecular weight excluding hydrogens is 508 g/mol. The number of nitrogens with zero attached hydrogens (tertiary/aromatic N) is 2. The molecule has 2 aromatic carbocycles. The van der Waals surface area contributed by atoms with Crippen LogP contribution in [0.1, 0.15) is 85.9 Å². The van der Waals surface area contributed by atoms with Gasteiger partial charge >= 0.3 is 6.09 Å². The maximum absolute atomic E-state index is 13.2. The molecule has 1 aliphatic rings. The first-order valence-corrected chi connectivity index (χ1v) is 14.3. The number of aromatic nitrogens is 2. The van der Waals surface area contributed by atoms with Crippen LogP contribution in [0.2, 0.25) is 0 Å². The lowest BCUT2D eigenvalue weighted by atomic mass is 9.86. The molecule has 2 atom stereocenters. The lowest BCUT2D eigenvalue weighted by Gasteiger charge is -2.28. The molecule has 0 radical (unpaired) electrons. The van der Waals surface area contributed by atoms with Gasteiger partial charge in [0.25, 0.3) is 0 Å². The lowest BCUT2D eigenvalue weighted by molar-refractivity contribution is 0.0896. The summed E-state index contributed by atoms with van der Waals surface area (Å²) in [5, 5.41) is 6.56. The summed E-state index contributed by atoms with van der Waals surface area (Å²) >= 11 is 0. The van der Waals surface area contributed by atoms with Gasteiger partial charge in [-0.05, 0) is 74.8 Å². The van der Waals surface area contributed by atoms with Crippen LogP contribution in [0.5, 0.6) is 5.75 Å². The minimum absolute atomic E-state index is 0.0719. The highest BCUT2D eigenvalue weighted by molar-refractivity contribution is 5.98. The maximum Gasteiger partial charge on any atom is 0.408 e. The highest BCUT2D eigenvalue weighted by Gasteiger charge is 2.27. The third kappa shape index (κ3) is 8.91. The molecule has 1 fully saturated rings. The Balaban J connectivity index is 1.32. The van der Waals surface area contributed by atoms with Gasteiger partial charge in [0.15, 0.2) is 0 Å². The number of nitrogens with one attached hydrogen (secondary N) is 1. The van der Waals surface area contributed by atoms with Crippen molar-refractivity contribution >= 4 is 11.9 Å². The number of rotatable bonds is 14. The molecule has 0 bridgehead atoms. The third-order valence-corrected chi connectivity index (χ3v) is 7.37. The van der Waals surface area contributed by atoms with E-state index in [1.54, 1.807) is 0 Å². The summed E-state index contributed by atoms with van der Waals surface area (Å²) in [4.78, 5) is 29.9. The number of hydrogen-bond acceptors (Lipinski definition) is 8. The second-order valence-electron chi connectivity index (χ2n) is 10.5. The van der Waals surface area contributed by atoms with Crippen molar-refractivity contribution < 1.29 is 23.6 Å². The molecule has 214 valence electrons. The van der Waals surface area contributed by atoms with E-state index in [0.717, 1.165) is 23.3 Å². The van der Waals surface area contributed by atoms with Crippen molar-refractivity contribution in [2.45, 2.75) is 83.5 Å². The topological polar surface area (TPSA) is 130 Å². The van der Waals surface area contributed by atoms with Gasteiger partial charge < -0.3 is 25.0 Å². The highest BCUT2D eigenvalue weighted by atomic mass is 16.5. The van der Waals surface area contributed by atoms with Crippen LogP contribution in [0.3, 0.4) is 0 Å². The van der Waals surface area contributed by atoms with Crippen LogP contribution in [0.25, 0.3) is 0 Å². The average Bonchev–Trinajstić information content (AvgIpc) is 3.45. The number of ether oxygens (including phenoxy) is 2. The first kappa shape index (κ1) is 29.3. The van der Waals surface area contributed by atoms with Crippen molar-refractivity contribution in [1.82, 2.24) is 15.5 Å². The van der Waals surface area contributed by atoms with Gasteiger partial charge in [-0.25, -0.2) is 4.79 Å². The molecule has 1 aliphatic carbocycles. The molecule has 40 heavy (non-hydrogen) atoms. The predicted molar refractivity (Wildman–Crippen MR) is 151 cm³/mol. The molecule has 1 aromatic heterocycles. The average molecular weight is 549 g/mol. The van der Waals surface area contributed by atoms with Gasteiger partial charge in [-0.15, -0.1) is 0 Å². The van der Waals surface area contributed by atoms with Crippen molar-refractivity contribution in [3.8, 4) is 5.75 Å². The Morgan fingerprint density at radius 1 is 1.02 bits per heavy atom. The molecule has 4 rings (SSSR count). The van der Waals surface area contributed by atoms with Crippen LogP contribution in [-0.4, -0.2) is 40.7 Å². The molecule has 9 heteroatoms. The Kier molecular flexibility index (Phi) is 11.1. The molecular formula is C31H40N4O5. The number of amides is 1. The fourth-order valence-electron chi connectivity index (χ4n) is 5.03. The largest absolute Gasteiger partial charge is 0.490 e. The summed E-state index contributed by atoms with van der Waals surface area (Å²) in [7, 11) is 0. The van der Waals surface area contributed by atoms with Gasteiger partial charge in [-0.2, -0.15) is 4.98 Å². The standard InChI is InChI=1S/C31H40N4O5/c1-22(25-12-6-3-7-13-25)39-26-17-15-23(16-18-26)20-28-34-30(35-40-28)29(36)27(14-8-9-19-32)33-31(37)38-21-24-10-4-2-5-11-24/h2,4-5,10-11,15-18,22,25,27H,3,6-9,12-14,19-21,32H2,1H3,(H,33,37).